The second-order valence-corrected chi connectivity index (χ2v) is 6.03. The normalized spacial score (nSPS) is 42.1. The predicted molar refractivity (Wildman–Crippen MR) is 70.0 cm³/mol. The van der Waals surface area contributed by atoms with E-state index in [1.807, 2.05) is 0 Å². The molecule has 2 bridgehead atoms. The van der Waals surface area contributed by atoms with Crippen LogP contribution >= 0.6 is 0 Å². The average Bonchev–Trinajstić information content (AvgIpc) is 3.02. The molecule has 17 heavy (non-hydrogen) atoms. The van der Waals surface area contributed by atoms with E-state index in [1.54, 1.807) is 5.56 Å². The van der Waals surface area contributed by atoms with Crippen molar-refractivity contribution in [2.45, 2.75) is 18.8 Å². The van der Waals surface area contributed by atoms with Crippen molar-refractivity contribution in [2.24, 2.45) is 17.8 Å². The Bertz CT molecular complexity index is 473. The molecule has 4 rings (SSSR count). The number of hydrogen-bond acceptors (Lipinski definition) is 1. The van der Waals surface area contributed by atoms with E-state index in [9.17, 15) is 0 Å². The monoisotopic (exact) mass is 225 g/mol. The van der Waals surface area contributed by atoms with Crippen LogP contribution in [0.15, 0.2) is 36.4 Å². The molecule has 0 spiro atoms. The van der Waals surface area contributed by atoms with E-state index in [2.05, 4.69) is 48.7 Å². The van der Waals surface area contributed by atoms with Crippen molar-refractivity contribution in [3.8, 4) is 0 Å². The molecule has 2 fully saturated rings. The Morgan fingerprint density at radius 2 is 2.00 bits per heavy atom. The van der Waals surface area contributed by atoms with Gasteiger partial charge in [-0.05, 0) is 43.2 Å². The first-order valence-electron chi connectivity index (χ1n) is 6.77. The van der Waals surface area contributed by atoms with Crippen LogP contribution in [0.25, 0.3) is 0 Å². The van der Waals surface area contributed by atoms with Gasteiger partial charge in [-0.2, -0.15) is 0 Å². The van der Waals surface area contributed by atoms with Gasteiger partial charge in [0.25, 0.3) is 0 Å². The highest BCUT2D eigenvalue weighted by Gasteiger charge is 2.58. The summed E-state index contributed by atoms with van der Waals surface area (Å²) in [5.74, 6) is 2.44. The van der Waals surface area contributed by atoms with E-state index in [0.717, 1.165) is 17.8 Å². The van der Waals surface area contributed by atoms with Crippen molar-refractivity contribution < 1.29 is 0 Å². The summed E-state index contributed by atoms with van der Waals surface area (Å²) in [7, 11) is 0. The van der Waals surface area contributed by atoms with Gasteiger partial charge < -0.3 is 5.32 Å². The number of allylic oxidation sites excluding steroid dienone is 2. The van der Waals surface area contributed by atoms with Gasteiger partial charge >= 0.3 is 0 Å². The van der Waals surface area contributed by atoms with Crippen LogP contribution in [-0.2, 0) is 5.41 Å². The summed E-state index contributed by atoms with van der Waals surface area (Å²) in [5, 5.41) is 3.64. The first-order valence-corrected chi connectivity index (χ1v) is 6.77. The minimum atomic E-state index is 0.410. The molecule has 0 amide bonds. The molecule has 0 aromatic heterocycles. The minimum Gasteiger partial charge on any atom is -0.315 e. The van der Waals surface area contributed by atoms with Gasteiger partial charge in [0.2, 0.25) is 0 Å². The van der Waals surface area contributed by atoms with Crippen molar-refractivity contribution >= 4 is 0 Å². The molecule has 2 aliphatic carbocycles. The third-order valence-corrected chi connectivity index (χ3v) is 5.33. The highest BCUT2D eigenvalue weighted by Crippen LogP contribution is 2.58. The number of rotatable bonds is 1. The van der Waals surface area contributed by atoms with E-state index >= 15 is 0 Å². The Morgan fingerprint density at radius 3 is 2.82 bits per heavy atom. The Hall–Kier alpha value is -1.08. The van der Waals surface area contributed by atoms with Gasteiger partial charge in [-0.15, -0.1) is 0 Å². The Labute approximate surface area is 103 Å². The lowest BCUT2D eigenvalue weighted by atomic mass is 9.66. The molecular weight excluding hydrogens is 206 g/mol. The second kappa shape index (κ2) is 3.23. The van der Waals surface area contributed by atoms with Crippen LogP contribution < -0.4 is 5.32 Å². The molecule has 1 heteroatoms. The molecule has 1 heterocycles. The zero-order valence-corrected chi connectivity index (χ0v) is 10.3. The summed E-state index contributed by atoms with van der Waals surface area (Å²) < 4.78 is 0. The van der Waals surface area contributed by atoms with Gasteiger partial charge in [0, 0.05) is 12.0 Å². The maximum Gasteiger partial charge on any atom is 0.0186 e. The standard InChI is InChI=1S/C16H19N/c1-11-2-5-13(6-3-11)16-10-17-9-15(16)12-4-7-14(16)8-12/h2-7,12,14-15,17H,8-10H2,1H3. The Balaban J connectivity index is 1.85. The highest BCUT2D eigenvalue weighted by molar-refractivity contribution is 5.39. The lowest BCUT2D eigenvalue weighted by Crippen LogP contribution is -2.38. The zero-order valence-electron chi connectivity index (χ0n) is 10.3. The molecule has 1 N–H and O–H groups in total. The van der Waals surface area contributed by atoms with Gasteiger partial charge in [-0.25, -0.2) is 0 Å². The third-order valence-electron chi connectivity index (χ3n) is 5.33. The summed E-state index contributed by atoms with van der Waals surface area (Å²) in [6, 6.07) is 9.28. The molecule has 88 valence electrons. The number of hydrogen-bond donors (Lipinski definition) is 1. The van der Waals surface area contributed by atoms with Crippen LogP contribution in [-0.4, -0.2) is 13.1 Å². The SMILES string of the molecule is Cc1ccc(C23CNCC2C2C=CC3C2)cc1. The maximum absolute atomic E-state index is 3.64. The topological polar surface area (TPSA) is 12.0 Å². The molecule has 4 atom stereocenters. The molecule has 1 nitrogen and oxygen atoms in total. The van der Waals surface area contributed by atoms with E-state index in [4.69, 9.17) is 0 Å². The average molecular weight is 225 g/mol. The number of nitrogens with one attached hydrogen (secondary N) is 1. The number of aryl methyl sites for hydroxylation is 1. The van der Waals surface area contributed by atoms with Crippen LogP contribution in [0.2, 0.25) is 0 Å². The van der Waals surface area contributed by atoms with Crippen LogP contribution in [0, 0.1) is 24.7 Å². The van der Waals surface area contributed by atoms with Gasteiger partial charge in [0.05, 0.1) is 0 Å². The summed E-state index contributed by atoms with van der Waals surface area (Å²) in [5.41, 5.74) is 3.34. The molecule has 0 radical (unpaired) electrons. The Morgan fingerprint density at radius 1 is 1.18 bits per heavy atom. The molecule has 1 aliphatic heterocycles. The number of benzene rings is 1. The summed E-state index contributed by atoms with van der Waals surface area (Å²) in [6.07, 6.45) is 6.34. The first kappa shape index (κ1) is 9.90. The van der Waals surface area contributed by atoms with Gasteiger partial charge in [0.15, 0.2) is 0 Å². The molecule has 1 aromatic rings. The van der Waals surface area contributed by atoms with Crippen molar-refractivity contribution in [2.75, 3.05) is 13.1 Å². The highest BCUT2D eigenvalue weighted by atomic mass is 15.0. The van der Waals surface area contributed by atoms with Crippen molar-refractivity contribution in [1.29, 1.82) is 0 Å². The van der Waals surface area contributed by atoms with Gasteiger partial charge in [-0.1, -0.05) is 42.0 Å². The smallest absolute Gasteiger partial charge is 0.0186 e. The lowest BCUT2D eigenvalue weighted by molar-refractivity contribution is 0.318. The lowest BCUT2D eigenvalue weighted by Gasteiger charge is -2.36. The van der Waals surface area contributed by atoms with Crippen molar-refractivity contribution in [3.63, 3.8) is 0 Å². The molecule has 1 saturated heterocycles. The quantitative estimate of drug-likeness (QED) is 0.725. The zero-order chi connectivity index (χ0) is 11.5. The largest absolute Gasteiger partial charge is 0.315 e. The predicted octanol–water partition coefficient (Wildman–Crippen LogP) is 2.66. The second-order valence-electron chi connectivity index (χ2n) is 6.03. The van der Waals surface area contributed by atoms with Gasteiger partial charge in [-0.3, -0.25) is 0 Å². The third kappa shape index (κ3) is 1.13. The van der Waals surface area contributed by atoms with Crippen LogP contribution in [0.3, 0.4) is 0 Å². The summed E-state index contributed by atoms with van der Waals surface area (Å²) in [4.78, 5) is 0. The molecule has 1 saturated carbocycles. The maximum atomic E-state index is 3.64. The van der Waals surface area contributed by atoms with E-state index in [1.165, 1.54) is 25.1 Å². The molecule has 4 unspecified atom stereocenters. The molecule has 1 aromatic carbocycles. The fraction of sp³-hybridized carbons (Fsp3) is 0.500. The Kier molecular flexibility index (Phi) is 1.88. The fourth-order valence-electron chi connectivity index (χ4n) is 4.49. The molecular formula is C16H19N. The van der Waals surface area contributed by atoms with Crippen LogP contribution in [0.5, 0.6) is 0 Å². The minimum absolute atomic E-state index is 0.410. The van der Waals surface area contributed by atoms with E-state index in [0.29, 0.717) is 5.41 Å². The molecule has 3 aliphatic rings. The van der Waals surface area contributed by atoms with Crippen LogP contribution in [0.1, 0.15) is 17.5 Å². The number of fused-ring (bicyclic) bond motifs is 5. The van der Waals surface area contributed by atoms with Crippen LogP contribution in [0.4, 0.5) is 0 Å². The fourth-order valence-corrected chi connectivity index (χ4v) is 4.49. The van der Waals surface area contributed by atoms with Crippen molar-refractivity contribution in [3.05, 3.63) is 47.5 Å². The van der Waals surface area contributed by atoms with Gasteiger partial charge in [0.1, 0.15) is 0 Å². The van der Waals surface area contributed by atoms with Crippen molar-refractivity contribution in [1.82, 2.24) is 5.32 Å². The van der Waals surface area contributed by atoms with E-state index < -0.39 is 0 Å². The van der Waals surface area contributed by atoms with E-state index in [-0.39, 0.29) is 0 Å². The first-order chi connectivity index (χ1) is 8.30. The summed E-state index contributed by atoms with van der Waals surface area (Å²) in [6.45, 7) is 4.55. The summed E-state index contributed by atoms with van der Waals surface area (Å²) >= 11 is 0.